The van der Waals surface area contributed by atoms with Crippen molar-refractivity contribution in [2.45, 2.75) is 37.2 Å². The van der Waals surface area contributed by atoms with E-state index in [2.05, 4.69) is 35.6 Å². The van der Waals surface area contributed by atoms with E-state index < -0.39 is 18.7 Å². The van der Waals surface area contributed by atoms with Gasteiger partial charge in [0.25, 0.3) is 0 Å². The fraction of sp³-hybridized carbons (Fsp3) is 0.818. The molecule has 1 fully saturated rings. The third kappa shape index (κ3) is 3.35. The van der Waals surface area contributed by atoms with Crippen LogP contribution < -0.4 is 18.7 Å². The normalized spacial score (nSPS) is 24.1. The molecule has 1 atom stereocenters. The number of carbonyl (C=O) groups is 2. The van der Waals surface area contributed by atoms with E-state index in [0.717, 1.165) is 0 Å². The molecular weight excluding hydrogens is 337 g/mol. The number of rotatable bonds is 2. The Balaban J connectivity index is 2.83. The summed E-state index contributed by atoms with van der Waals surface area (Å²) in [5.74, 6) is 0.0875. The summed E-state index contributed by atoms with van der Waals surface area (Å²) >= 11 is -0.661. The Hall–Kier alpha value is 0.220. The summed E-state index contributed by atoms with van der Waals surface area (Å²) < 4.78 is 1.62. The van der Waals surface area contributed by atoms with Crippen molar-refractivity contribution in [1.29, 1.82) is 0 Å². The Morgan fingerprint density at radius 3 is 2.06 bits per heavy atom. The van der Waals surface area contributed by atoms with E-state index in [1.807, 2.05) is 0 Å². The Morgan fingerprint density at radius 1 is 1.25 bits per heavy atom. The van der Waals surface area contributed by atoms with Gasteiger partial charge in [-0.25, -0.2) is 0 Å². The van der Waals surface area contributed by atoms with Crippen LogP contribution in [0.3, 0.4) is 0 Å². The molecule has 0 aromatic heterocycles. The quantitative estimate of drug-likeness (QED) is 0.264. The molecule has 1 rings (SSSR count). The molecule has 1 saturated heterocycles. The summed E-state index contributed by atoms with van der Waals surface area (Å²) in [7, 11) is 0. The summed E-state index contributed by atoms with van der Waals surface area (Å²) in [6, 6.07) is 0. The summed E-state index contributed by atoms with van der Waals surface area (Å²) in [6.45, 7) is 6.24. The van der Waals surface area contributed by atoms with Crippen molar-refractivity contribution >= 4 is 23.6 Å². The Labute approximate surface area is 107 Å². The van der Waals surface area contributed by atoms with Gasteiger partial charge in [-0.3, -0.25) is 0 Å². The minimum absolute atomic E-state index is 0.0284. The first-order valence-corrected chi connectivity index (χ1v) is 13.5. The van der Waals surface area contributed by atoms with E-state index in [9.17, 15) is 9.59 Å². The predicted octanol–water partition coefficient (Wildman–Crippen LogP) is -1.39. The molecule has 0 bridgehead atoms. The number of alkyl halides is 3. The first-order valence-electron chi connectivity index (χ1n) is 5.15. The van der Waals surface area contributed by atoms with E-state index >= 15 is 0 Å². The predicted molar refractivity (Wildman–Crippen MR) is 65.4 cm³/mol. The molecule has 0 spiro atoms. The molecule has 1 unspecified atom stereocenters. The van der Waals surface area contributed by atoms with E-state index in [-0.39, 0.29) is 21.8 Å². The standard InChI is InChI=1S/C11H21INO2S/c1-11(2,3)16-8-7-9(14)13(10(8)15)12(4,5)6/h8H,7H2,1-6H3/q-1. The van der Waals surface area contributed by atoms with E-state index in [1.165, 1.54) is 0 Å². The molecule has 3 nitrogen and oxygen atoms in total. The number of carbonyl (C=O) groups excluding carboxylic acids is 2. The van der Waals surface area contributed by atoms with Crippen molar-refractivity contribution in [1.82, 2.24) is 3.11 Å². The minimum atomic E-state index is -2.27. The van der Waals surface area contributed by atoms with Crippen LogP contribution in [-0.2, 0) is 9.59 Å². The number of nitrogens with zero attached hydrogens (tertiary/aromatic N) is 1. The third-order valence-electron chi connectivity index (χ3n) is 2.05. The fourth-order valence-corrected chi connectivity index (χ4v) is 6.68. The molecule has 0 N–H and O–H groups in total. The molecule has 96 valence electrons. The van der Waals surface area contributed by atoms with Gasteiger partial charge in [0.15, 0.2) is 0 Å². The van der Waals surface area contributed by atoms with Gasteiger partial charge in [-0.15, -0.1) is 0 Å². The Bertz CT molecular complexity index is 317. The summed E-state index contributed by atoms with van der Waals surface area (Å²) in [5, 5.41) is -0.157. The van der Waals surface area contributed by atoms with Gasteiger partial charge in [-0.2, -0.15) is 0 Å². The molecule has 1 heterocycles. The SMILES string of the molecule is CC(C)(C)SC1CC(=O)N([I-](C)(C)C)C1=O. The Morgan fingerprint density at radius 2 is 1.75 bits per heavy atom. The molecule has 1 aliphatic rings. The molecule has 1 aliphatic heterocycles. The topological polar surface area (TPSA) is 37.4 Å². The van der Waals surface area contributed by atoms with Gasteiger partial charge >= 0.3 is 107 Å². The molecule has 0 aromatic rings. The van der Waals surface area contributed by atoms with Gasteiger partial charge < -0.3 is 0 Å². The van der Waals surface area contributed by atoms with Gasteiger partial charge in [0.05, 0.1) is 0 Å². The van der Waals surface area contributed by atoms with Crippen LogP contribution in [-0.4, -0.2) is 39.7 Å². The van der Waals surface area contributed by atoms with Crippen LogP contribution >= 0.6 is 11.8 Å². The molecule has 16 heavy (non-hydrogen) atoms. The van der Waals surface area contributed by atoms with Crippen LogP contribution in [0, 0.1) is 0 Å². The van der Waals surface area contributed by atoms with Crippen molar-refractivity contribution < 1.29 is 28.3 Å². The van der Waals surface area contributed by atoms with Crippen LogP contribution in [0.1, 0.15) is 27.2 Å². The number of thioether (sulfide) groups is 1. The van der Waals surface area contributed by atoms with Crippen molar-refractivity contribution in [3.05, 3.63) is 0 Å². The third-order valence-corrected chi connectivity index (χ3v) is 7.32. The molecule has 0 aliphatic carbocycles. The number of imide groups is 1. The number of halogens is 1. The zero-order valence-corrected chi connectivity index (χ0v) is 13.8. The average molecular weight is 358 g/mol. The number of hydrogen-bond donors (Lipinski definition) is 0. The van der Waals surface area contributed by atoms with E-state index in [1.54, 1.807) is 14.9 Å². The maximum atomic E-state index is 12.2. The van der Waals surface area contributed by atoms with Gasteiger partial charge in [0, 0.05) is 0 Å². The van der Waals surface area contributed by atoms with E-state index in [4.69, 9.17) is 0 Å². The summed E-state index contributed by atoms with van der Waals surface area (Å²) in [4.78, 5) is 30.3. The fourth-order valence-electron chi connectivity index (χ4n) is 1.63. The van der Waals surface area contributed by atoms with Crippen molar-refractivity contribution in [2.75, 3.05) is 14.8 Å². The van der Waals surface area contributed by atoms with Crippen LogP contribution in [0.2, 0.25) is 0 Å². The zero-order chi connectivity index (χ0) is 12.7. The van der Waals surface area contributed by atoms with Gasteiger partial charge in [0.2, 0.25) is 0 Å². The van der Waals surface area contributed by atoms with Gasteiger partial charge in [-0.1, -0.05) is 0 Å². The van der Waals surface area contributed by atoms with Crippen LogP contribution in [0.15, 0.2) is 0 Å². The van der Waals surface area contributed by atoms with Crippen LogP contribution in [0.4, 0.5) is 0 Å². The van der Waals surface area contributed by atoms with Crippen molar-refractivity contribution in [3.8, 4) is 0 Å². The zero-order valence-electron chi connectivity index (χ0n) is 10.8. The molecule has 5 heteroatoms. The molecule has 0 radical (unpaired) electrons. The first kappa shape index (κ1) is 14.3. The molecular formula is C11H21INO2S-. The Kier molecular flexibility index (Phi) is 4.00. The first-order chi connectivity index (χ1) is 7.02. The number of hydrogen-bond acceptors (Lipinski definition) is 3. The van der Waals surface area contributed by atoms with Crippen molar-refractivity contribution in [3.63, 3.8) is 0 Å². The van der Waals surface area contributed by atoms with Gasteiger partial charge in [-0.05, 0) is 0 Å². The summed E-state index contributed by atoms with van der Waals surface area (Å²) in [6.07, 6.45) is 0.390. The van der Waals surface area contributed by atoms with E-state index in [0.29, 0.717) is 6.42 Å². The van der Waals surface area contributed by atoms with Crippen LogP contribution in [0.5, 0.6) is 0 Å². The second-order valence-electron chi connectivity index (χ2n) is 5.58. The molecule has 0 aromatic carbocycles. The monoisotopic (exact) mass is 358 g/mol. The average Bonchev–Trinajstić information content (AvgIpc) is 2.21. The summed E-state index contributed by atoms with van der Waals surface area (Å²) in [5.41, 5.74) is 0. The molecule has 0 saturated carbocycles. The van der Waals surface area contributed by atoms with Gasteiger partial charge in [0.1, 0.15) is 0 Å². The van der Waals surface area contributed by atoms with Crippen LogP contribution in [0.25, 0.3) is 0 Å². The molecule has 2 amide bonds. The second-order valence-corrected chi connectivity index (χ2v) is 17.9. The maximum absolute atomic E-state index is 12.2. The number of amides is 2. The van der Waals surface area contributed by atoms with Crippen molar-refractivity contribution in [2.24, 2.45) is 0 Å². The second kappa shape index (κ2) is 4.48.